The van der Waals surface area contributed by atoms with E-state index in [1.165, 1.54) is 23.5 Å². The van der Waals surface area contributed by atoms with Gasteiger partial charge < -0.3 is 4.74 Å². The number of halogens is 1. The molecule has 7 heteroatoms. The molecule has 3 aromatic rings. The van der Waals surface area contributed by atoms with Crippen LogP contribution in [0.15, 0.2) is 29.1 Å². The summed E-state index contributed by atoms with van der Waals surface area (Å²) in [5.74, 6) is -0.0198. The molecule has 27 heavy (non-hydrogen) atoms. The third-order valence-corrected chi connectivity index (χ3v) is 6.05. The Bertz CT molecular complexity index is 1070. The number of benzene rings is 1. The smallest absolute Gasteiger partial charge is 0.349 e. The molecule has 1 aliphatic heterocycles. The van der Waals surface area contributed by atoms with E-state index in [1.54, 1.807) is 23.6 Å². The summed E-state index contributed by atoms with van der Waals surface area (Å²) in [6.07, 6.45) is 3.87. The van der Waals surface area contributed by atoms with Crippen molar-refractivity contribution in [1.82, 2.24) is 9.55 Å². The van der Waals surface area contributed by atoms with Gasteiger partial charge >= 0.3 is 5.97 Å². The maximum Gasteiger partial charge on any atom is 0.349 e. The minimum Gasteiger partial charge on any atom is -0.457 e. The normalized spacial score (nSPS) is 14.0. The Morgan fingerprint density at radius 1 is 1.26 bits per heavy atom. The Morgan fingerprint density at radius 3 is 2.81 bits per heavy atom. The van der Waals surface area contributed by atoms with Crippen molar-refractivity contribution in [1.29, 1.82) is 0 Å². The highest BCUT2D eigenvalue weighted by Crippen LogP contribution is 2.29. The van der Waals surface area contributed by atoms with Crippen LogP contribution in [-0.4, -0.2) is 15.5 Å². The minimum atomic E-state index is -0.487. The highest BCUT2D eigenvalue weighted by atomic mass is 32.1. The zero-order valence-corrected chi connectivity index (χ0v) is 15.8. The average Bonchev–Trinajstić information content (AvgIpc) is 2.83. The number of nitrogens with zero attached hydrogens (tertiary/aromatic N) is 2. The molecule has 0 radical (unpaired) electrons. The van der Waals surface area contributed by atoms with Gasteiger partial charge in [0.1, 0.15) is 28.0 Å². The first kappa shape index (κ1) is 17.9. The molecule has 0 bridgehead atoms. The van der Waals surface area contributed by atoms with Crippen molar-refractivity contribution in [2.45, 2.75) is 45.8 Å². The van der Waals surface area contributed by atoms with E-state index in [1.807, 2.05) is 0 Å². The number of thiophene rings is 1. The zero-order valence-electron chi connectivity index (χ0n) is 15.0. The number of aromatic nitrogens is 2. The van der Waals surface area contributed by atoms with E-state index in [4.69, 9.17) is 4.74 Å². The molecular formula is C20H19FN2O3S. The van der Waals surface area contributed by atoms with E-state index >= 15 is 0 Å². The summed E-state index contributed by atoms with van der Waals surface area (Å²) >= 11 is 1.20. The molecule has 0 amide bonds. The van der Waals surface area contributed by atoms with Gasteiger partial charge in [0.25, 0.3) is 5.56 Å². The lowest BCUT2D eigenvalue weighted by Crippen LogP contribution is -2.24. The van der Waals surface area contributed by atoms with Crippen LogP contribution in [0.2, 0.25) is 0 Å². The molecule has 4 rings (SSSR count). The molecule has 0 fully saturated rings. The van der Waals surface area contributed by atoms with E-state index < -0.39 is 5.97 Å². The van der Waals surface area contributed by atoms with Crippen LogP contribution in [0, 0.1) is 12.7 Å². The summed E-state index contributed by atoms with van der Waals surface area (Å²) in [6.45, 7) is 2.49. The molecule has 0 N–H and O–H groups in total. The van der Waals surface area contributed by atoms with E-state index in [0.717, 1.165) is 31.5 Å². The third kappa shape index (κ3) is 3.39. The van der Waals surface area contributed by atoms with E-state index in [0.29, 0.717) is 32.8 Å². The summed E-state index contributed by atoms with van der Waals surface area (Å²) in [4.78, 5) is 31.1. The van der Waals surface area contributed by atoms with Crippen LogP contribution >= 0.6 is 11.3 Å². The van der Waals surface area contributed by atoms with Crippen molar-refractivity contribution in [2.75, 3.05) is 0 Å². The van der Waals surface area contributed by atoms with Crippen LogP contribution in [0.4, 0.5) is 4.39 Å². The van der Waals surface area contributed by atoms with Gasteiger partial charge in [-0.25, -0.2) is 14.2 Å². The van der Waals surface area contributed by atoms with Crippen LogP contribution < -0.4 is 5.56 Å². The topological polar surface area (TPSA) is 61.2 Å². The van der Waals surface area contributed by atoms with Crippen LogP contribution in [0.1, 0.15) is 45.9 Å². The molecule has 3 heterocycles. The summed E-state index contributed by atoms with van der Waals surface area (Å²) in [5.41, 5.74) is 1.26. The lowest BCUT2D eigenvalue weighted by Gasteiger charge is -2.08. The molecule has 0 aliphatic carbocycles. The second-order valence-corrected chi connectivity index (χ2v) is 7.73. The molecular weight excluding hydrogens is 367 g/mol. The Hall–Kier alpha value is -2.54. The fourth-order valence-electron chi connectivity index (χ4n) is 3.40. The molecule has 5 nitrogen and oxygen atoms in total. The van der Waals surface area contributed by atoms with Crippen LogP contribution in [-0.2, 0) is 24.3 Å². The average molecular weight is 386 g/mol. The monoisotopic (exact) mass is 386 g/mol. The maximum atomic E-state index is 13.0. The van der Waals surface area contributed by atoms with Gasteiger partial charge in [-0.05, 0) is 43.0 Å². The van der Waals surface area contributed by atoms with Gasteiger partial charge in [-0.3, -0.25) is 9.36 Å². The number of aryl methyl sites for hydroxylation is 2. The Labute approximate surface area is 159 Å². The fourth-order valence-corrected chi connectivity index (χ4v) is 4.48. The third-order valence-electron chi connectivity index (χ3n) is 4.88. The zero-order chi connectivity index (χ0) is 19.0. The van der Waals surface area contributed by atoms with Gasteiger partial charge in [0, 0.05) is 13.0 Å². The first-order valence-electron chi connectivity index (χ1n) is 8.99. The molecule has 0 unspecified atom stereocenters. The second kappa shape index (κ2) is 7.23. The van der Waals surface area contributed by atoms with Gasteiger partial charge in [0.15, 0.2) is 0 Å². The fraction of sp³-hybridized carbons (Fsp3) is 0.350. The molecule has 0 saturated carbocycles. The van der Waals surface area contributed by atoms with Gasteiger partial charge in [-0.2, -0.15) is 0 Å². The number of esters is 1. The van der Waals surface area contributed by atoms with E-state index in [-0.39, 0.29) is 18.0 Å². The van der Waals surface area contributed by atoms with Crippen LogP contribution in [0.25, 0.3) is 10.2 Å². The number of ether oxygens (including phenoxy) is 1. The van der Waals surface area contributed by atoms with E-state index in [9.17, 15) is 14.0 Å². The Morgan fingerprint density at radius 2 is 2.04 bits per heavy atom. The predicted octanol–water partition coefficient (Wildman–Crippen LogP) is 3.99. The van der Waals surface area contributed by atoms with Gasteiger partial charge in [-0.1, -0.05) is 18.6 Å². The largest absolute Gasteiger partial charge is 0.457 e. The van der Waals surface area contributed by atoms with Crippen molar-refractivity contribution in [3.05, 3.63) is 62.3 Å². The SMILES string of the molecule is Cc1c(C(=O)OCc2ccc(F)cc2)sc2nc3n(c(=O)c12)CCCCC3. The number of rotatable bonds is 3. The second-order valence-electron chi connectivity index (χ2n) is 6.73. The number of hydrogen-bond donors (Lipinski definition) is 0. The van der Waals surface area contributed by atoms with Crippen molar-refractivity contribution in [2.24, 2.45) is 0 Å². The number of carbonyl (C=O) groups excluding carboxylic acids is 1. The summed E-state index contributed by atoms with van der Waals surface area (Å²) in [5, 5.41) is 0.513. The highest BCUT2D eigenvalue weighted by Gasteiger charge is 2.23. The van der Waals surface area contributed by atoms with Crippen molar-refractivity contribution in [3.63, 3.8) is 0 Å². The number of hydrogen-bond acceptors (Lipinski definition) is 5. The summed E-state index contributed by atoms with van der Waals surface area (Å²) in [7, 11) is 0. The van der Waals surface area contributed by atoms with Gasteiger partial charge in [0.2, 0.25) is 0 Å². The van der Waals surface area contributed by atoms with Crippen molar-refractivity contribution < 1.29 is 13.9 Å². The summed E-state index contributed by atoms with van der Waals surface area (Å²) < 4.78 is 20.1. The first-order chi connectivity index (χ1) is 13.0. The number of fused-ring (bicyclic) bond motifs is 2. The quantitative estimate of drug-likeness (QED) is 0.639. The molecule has 0 atom stereocenters. The molecule has 2 aromatic heterocycles. The standard InChI is InChI=1S/C20H19FN2O3S/c1-12-16-18(22-15-5-3-2-4-10-23(15)19(16)24)27-17(12)20(25)26-11-13-6-8-14(21)9-7-13/h6-9H,2-5,10-11H2,1H3. The van der Waals surface area contributed by atoms with Crippen LogP contribution in [0.5, 0.6) is 0 Å². The van der Waals surface area contributed by atoms with Gasteiger partial charge in [0.05, 0.1) is 5.39 Å². The molecule has 0 spiro atoms. The molecule has 0 saturated heterocycles. The molecule has 1 aliphatic rings. The van der Waals surface area contributed by atoms with Crippen molar-refractivity contribution in [3.8, 4) is 0 Å². The minimum absolute atomic E-state index is 0.0513. The lowest BCUT2D eigenvalue weighted by atomic mass is 10.2. The van der Waals surface area contributed by atoms with Crippen molar-refractivity contribution >= 4 is 27.5 Å². The van der Waals surface area contributed by atoms with Gasteiger partial charge in [-0.15, -0.1) is 11.3 Å². The highest BCUT2D eigenvalue weighted by molar-refractivity contribution is 7.20. The Balaban J connectivity index is 1.65. The first-order valence-corrected chi connectivity index (χ1v) is 9.80. The molecule has 140 valence electrons. The van der Waals surface area contributed by atoms with Crippen LogP contribution in [0.3, 0.4) is 0 Å². The maximum absolute atomic E-state index is 13.0. The predicted molar refractivity (Wildman–Crippen MR) is 102 cm³/mol. The molecule has 1 aromatic carbocycles. The lowest BCUT2D eigenvalue weighted by molar-refractivity contribution is 0.0478. The Kier molecular flexibility index (Phi) is 4.78. The summed E-state index contributed by atoms with van der Waals surface area (Å²) in [6, 6.07) is 5.80. The number of carbonyl (C=O) groups is 1. The van der Waals surface area contributed by atoms with E-state index in [2.05, 4.69) is 4.98 Å².